The minimum Gasteiger partial charge on any atom is -0.384 e. The van der Waals surface area contributed by atoms with E-state index in [0.29, 0.717) is 18.1 Å². The number of benzene rings is 1. The highest BCUT2D eigenvalue weighted by Gasteiger charge is 2.10. The molecule has 28 heavy (non-hydrogen) atoms. The van der Waals surface area contributed by atoms with Gasteiger partial charge in [-0.15, -0.1) is 5.10 Å². The summed E-state index contributed by atoms with van der Waals surface area (Å²) in [6.45, 7) is 0.424. The van der Waals surface area contributed by atoms with Gasteiger partial charge in [-0.3, -0.25) is 4.79 Å². The highest BCUT2D eigenvalue weighted by molar-refractivity contribution is 5.95. The second kappa shape index (κ2) is 8.20. The fraction of sp³-hybridized carbons (Fsp3) is 0.118. The van der Waals surface area contributed by atoms with E-state index >= 15 is 0 Å². The Hall–Kier alpha value is -3.89. The number of nitrogens with two attached hydrogens (primary N) is 2. The van der Waals surface area contributed by atoms with E-state index < -0.39 is 18.2 Å². The molecule has 0 saturated carbocycles. The Morgan fingerprint density at radius 1 is 1.21 bits per heavy atom. The van der Waals surface area contributed by atoms with Crippen LogP contribution in [0.15, 0.2) is 53.9 Å². The zero-order chi connectivity index (χ0) is 20.1. The first kappa shape index (κ1) is 18.9. The maximum Gasteiger partial charge on any atom is 0.296 e. The van der Waals surface area contributed by atoms with E-state index in [-0.39, 0.29) is 5.56 Å². The molecule has 9 nitrogen and oxygen atoms in total. The van der Waals surface area contributed by atoms with Crippen LogP contribution in [-0.4, -0.2) is 38.1 Å². The molecule has 0 spiro atoms. The summed E-state index contributed by atoms with van der Waals surface area (Å²) in [6.07, 6.45) is 0.440. The zero-order valence-corrected chi connectivity index (χ0v) is 14.5. The highest BCUT2D eigenvalue weighted by atomic mass is 19.3. The Morgan fingerprint density at radius 2 is 1.96 bits per heavy atom. The van der Waals surface area contributed by atoms with Crippen molar-refractivity contribution >= 4 is 17.6 Å². The summed E-state index contributed by atoms with van der Waals surface area (Å²) in [5, 5.41) is 11.3. The van der Waals surface area contributed by atoms with Crippen molar-refractivity contribution in [1.82, 2.24) is 25.4 Å². The van der Waals surface area contributed by atoms with E-state index in [1.54, 1.807) is 53.5 Å². The van der Waals surface area contributed by atoms with Crippen molar-refractivity contribution in [2.75, 3.05) is 5.73 Å². The van der Waals surface area contributed by atoms with Crippen molar-refractivity contribution in [3.63, 3.8) is 0 Å². The van der Waals surface area contributed by atoms with E-state index in [2.05, 4.69) is 20.4 Å². The molecular weight excluding hydrogens is 370 g/mol. The number of hydrogen-bond donors (Lipinski definition) is 3. The molecule has 0 radical (unpaired) electrons. The summed E-state index contributed by atoms with van der Waals surface area (Å²) in [5.74, 6) is -1.18. The number of nitrogens with zero attached hydrogens (tertiary/aromatic N) is 5. The first-order valence-corrected chi connectivity index (χ1v) is 8.05. The van der Waals surface area contributed by atoms with E-state index in [4.69, 9.17) is 11.5 Å². The molecule has 0 atom stereocenters. The smallest absolute Gasteiger partial charge is 0.296 e. The molecule has 0 aliphatic carbocycles. The number of nitrogens with one attached hydrogen (secondary N) is 1. The Morgan fingerprint density at radius 3 is 2.61 bits per heavy atom. The van der Waals surface area contributed by atoms with Gasteiger partial charge < -0.3 is 11.5 Å². The predicted octanol–water partition coefficient (Wildman–Crippen LogP) is 1.24. The summed E-state index contributed by atoms with van der Waals surface area (Å²) in [7, 11) is 0. The third kappa shape index (κ3) is 4.63. The number of carbonyl (C=O) groups excluding carboxylic acids is 1. The average Bonchev–Trinajstić information content (AvgIpc) is 3.15. The number of pyridine rings is 1. The topological polar surface area (TPSA) is 137 Å². The monoisotopic (exact) mass is 386 g/mol. The summed E-state index contributed by atoms with van der Waals surface area (Å²) in [6, 6.07) is 9.98. The number of hydrazone groups is 1. The maximum absolute atomic E-state index is 12.2. The molecule has 11 heteroatoms. The molecule has 2 heterocycles. The van der Waals surface area contributed by atoms with Crippen LogP contribution in [0.5, 0.6) is 0 Å². The molecule has 0 bridgehead atoms. The quantitative estimate of drug-likeness (QED) is 0.331. The first-order chi connectivity index (χ1) is 13.4. The Bertz CT molecular complexity index is 983. The number of anilines is 1. The number of nitrogen functional groups attached to an aromatic ring is 1. The summed E-state index contributed by atoms with van der Waals surface area (Å²) < 4.78 is 26.1. The molecule has 2 aromatic heterocycles. The van der Waals surface area contributed by atoms with Crippen LogP contribution in [0, 0.1) is 0 Å². The third-order valence-corrected chi connectivity index (χ3v) is 3.69. The zero-order valence-electron chi connectivity index (χ0n) is 14.5. The van der Waals surface area contributed by atoms with Crippen LogP contribution in [0.25, 0.3) is 11.3 Å². The lowest BCUT2D eigenvalue weighted by Gasteiger charge is -2.04. The van der Waals surface area contributed by atoms with Gasteiger partial charge in [-0.2, -0.15) is 5.10 Å². The van der Waals surface area contributed by atoms with Crippen molar-refractivity contribution in [2.24, 2.45) is 10.8 Å². The fourth-order valence-electron chi connectivity index (χ4n) is 2.24. The lowest BCUT2D eigenvalue weighted by molar-refractivity contribution is 0.0954. The molecule has 0 fully saturated rings. The van der Waals surface area contributed by atoms with Gasteiger partial charge >= 0.3 is 0 Å². The predicted molar refractivity (Wildman–Crippen MR) is 98.3 cm³/mol. The van der Waals surface area contributed by atoms with Crippen molar-refractivity contribution in [2.45, 2.75) is 13.0 Å². The SMILES string of the molecule is N/C(=N\NC(=O)c1ccc(Cn2cc(-c3ccc(N)nc3)nn2)cc1)C(F)F. The van der Waals surface area contributed by atoms with Gasteiger partial charge in [0.05, 0.1) is 12.7 Å². The van der Waals surface area contributed by atoms with E-state index in [0.717, 1.165) is 11.1 Å². The molecule has 1 aromatic carbocycles. The molecular formula is C17H16F2N8O. The second-order valence-electron chi connectivity index (χ2n) is 5.75. The summed E-state index contributed by atoms with van der Waals surface area (Å²) in [4.78, 5) is 15.9. The Kier molecular flexibility index (Phi) is 5.53. The number of carbonyl (C=O) groups is 1. The highest BCUT2D eigenvalue weighted by Crippen LogP contribution is 2.16. The molecule has 5 N–H and O–H groups in total. The van der Waals surface area contributed by atoms with Crippen LogP contribution >= 0.6 is 0 Å². The number of amides is 1. The minimum absolute atomic E-state index is 0.252. The number of rotatable bonds is 6. The minimum atomic E-state index is -2.93. The van der Waals surface area contributed by atoms with Crippen molar-refractivity contribution in [3.8, 4) is 11.3 Å². The van der Waals surface area contributed by atoms with Crippen LogP contribution in [0.4, 0.5) is 14.6 Å². The number of amidine groups is 1. The first-order valence-electron chi connectivity index (χ1n) is 8.05. The van der Waals surface area contributed by atoms with Crippen LogP contribution in [0.2, 0.25) is 0 Å². The van der Waals surface area contributed by atoms with Gasteiger partial charge in [0.25, 0.3) is 12.3 Å². The number of alkyl halides is 2. The standard InChI is InChI=1S/C17H16F2N8O/c18-15(19)16(21)24-25-17(28)11-3-1-10(2-4-11)8-27-9-13(23-26-27)12-5-6-14(20)22-7-12/h1-7,9,15H,8H2,(H2,20,22)(H2,21,24)(H,25,28). The van der Waals surface area contributed by atoms with Crippen molar-refractivity contribution in [1.29, 1.82) is 0 Å². The molecule has 0 unspecified atom stereocenters. The second-order valence-corrected chi connectivity index (χ2v) is 5.75. The molecule has 0 aliphatic rings. The molecule has 0 aliphatic heterocycles. The lowest BCUT2D eigenvalue weighted by atomic mass is 10.1. The van der Waals surface area contributed by atoms with Gasteiger partial charge in [-0.05, 0) is 29.8 Å². The number of hydrogen-bond acceptors (Lipinski definition) is 6. The van der Waals surface area contributed by atoms with Gasteiger partial charge in [-0.1, -0.05) is 17.3 Å². The van der Waals surface area contributed by atoms with Gasteiger partial charge in [0.1, 0.15) is 11.5 Å². The largest absolute Gasteiger partial charge is 0.384 e. The van der Waals surface area contributed by atoms with Crippen LogP contribution < -0.4 is 16.9 Å². The lowest BCUT2D eigenvalue weighted by Crippen LogP contribution is -2.27. The van der Waals surface area contributed by atoms with Gasteiger partial charge in [0.2, 0.25) is 0 Å². The molecule has 144 valence electrons. The van der Waals surface area contributed by atoms with Gasteiger partial charge in [0.15, 0.2) is 5.84 Å². The summed E-state index contributed by atoms with van der Waals surface area (Å²) >= 11 is 0. The van der Waals surface area contributed by atoms with Gasteiger partial charge in [0, 0.05) is 17.3 Å². The van der Waals surface area contributed by atoms with Crippen LogP contribution in [-0.2, 0) is 6.54 Å². The van der Waals surface area contributed by atoms with E-state index in [1.165, 1.54) is 0 Å². The van der Waals surface area contributed by atoms with Crippen LogP contribution in [0.1, 0.15) is 15.9 Å². The third-order valence-electron chi connectivity index (χ3n) is 3.69. The van der Waals surface area contributed by atoms with Crippen LogP contribution in [0.3, 0.4) is 0 Å². The maximum atomic E-state index is 12.2. The molecule has 0 saturated heterocycles. The van der Waals surface area contributed by atoms with E-state index in [9.17, 15) is 13.6 Å². The molecule has 3 rings (SSSR count). The fourth-order valence-corrected chi connectivity index (χ4v) is 2.24. The number of halogens is 2. The molecule has 3 aromatic rings. The number of aromatic nitrogens is 4. The van der Waals surface area contributed by atoms with E-state index in [1.807, 2.05) is 5.43 Å². The Labute approximate surface area is 158 Å². The van der Waals surface area contributed by atoms with Gasteiger partial charge in [-0.25, -0.2) is 23.9 Å². The Balaban J connectivity index is 1.64. The average molecular weight is 386 g/mol. The van der Waals surface area contributed by atoms with Crippen molar-refractivity contribution in [3.05, 3.63) is 59.9 Å². The summed E-state index contributed by atoms with van der Waals surface area (Å²) in [5.41, 5.74) is 15.1. The molecule has 1 amide bonds. The van der Waals surface area contributed by atoms with Crippen molar-refractivity contribution < 1.29 is 13.6 Å². The normalized spacial score (nSPS) is 11.6.